The first-order valence-corrected chi connectivity index (χ1v) is 3.40. The molecule has 4 N–H and O–H groups in total. The van der Waals surface area contributed by atoms with Crippen molar-refractivity contribution in [3.05, 3.63) is 24.3 Å². The summed E-state index contributed by atoms with van der Waals surface area (Å²) in [6.45, 7) is 0. The third-order valence-corrected chi connectivity index (χ3v) is 1.89. The van der Waals surface area contributed by atoms with Gasteiger partial charge in [-0.2, -0.15) is 0 Å². The molecule has 2 aliphatic rings. The van der Waals surface area contributed by atoms with E-state index in [1.807, 2.05) is 12.2 Å². The summed E-state index contributed by atoms with van der Waals surface area (Å²) in [4.78, 5) is 0. The predicted molar refractivity (Wildman–Crippen MR) is 38.5 cm³/mol. The molecule has 1 fully saturated rings. The highest BCUT2D eigenvalue weighted by atomic mass is 15.4. The fraction of sp³-hybridized carbons (Fsp3) is 0.429. The Morgan fingerprint density at radius 1 is 1.40 bits per heavy atom. The van der Waals surface area contributed by atoms with Gasteiger partial charge in [0, 0.05) is 12.0 Å². The Labute approximate surface area is 59.9 Å². The van der Waals surface area contributed by atoms with Crippen LogP contribution in [0.25, 0.3) is 0 Å². The Bertz CT molecular complexity index is 185. The lowest BCUT2D eigenvalue weighted by Crippen LogP contribution is -2.38. The van der Waals surface area contributed by atoms with E-state index in [2.05, 4.69) is 23.0 Å². The zero-order valence-electron chi connectivity index (χ0n) is 5.54. The summed E-state index contributed by atoms with van der Waals surface area (Å²) in [5, 5.41) is 0. The number of hydrogen-bond donors (Lipinski definition) is 3. The van der Waals surface area contributed by atoms with E-state index >= 15 is 0 Å². The van der Waals surface area contributed by atoms with Crippen LogP contribution in [-0.2, 0) is 0 Å². The van der Waals surface area contributed by atoms with Gasteiger partial charge in [0.05, 0.1) is 6.17 Å². The molecule has 10 heavy (non-hydrogen) atoms. The van der Waals surface area contributed by atoms with Gasteiger partial charge in [-0.3, -0.25) is 0 Å². The van der Waals surface area contributed by atoms with Crippen molar-refractivity contribution >= 4 is 0 Å². The van der Waals surface area contributed by atoms with Gasteiger partial charge in [-0.15, -0.1) is 0 Å². The minimum Gasteiger partial charge on any atom is -0.314 e. The van der Waals surface area contributed by atoms with E-state index < -0.39 is 0 Å². The van der Waals surface area contributed by atoms with Crippen molar-refractivity contribution in [2.24, 2.45) is 11.7 Å². The highest BCUT2D eigenvalue weighted by Crippen LogP contribution is 2.16. The van der Waals surface area contributed by atoms with Crippen LogP contribution < -0.4 is 16.6 Å². The predicted octanol–water partition coefficient (Wildman–Crippen LogP) is -0.707. The summed E-state index contributed by atoms with van der Waals surface area (Å²) < 4.78 is 0. The van der Waals surface area contributed by atoms with Crippen LogP contribution in [0.4, 0.5) is 0 Å². The minimum absolute atomic E-state index is 0.00574. The van der Waals surface area contributed by atoms with Crippen LogP contribution in [0.2, 0.25) is 0 Å². The van der Waals surface area contributed by atoms with Crippen LogP contribution in [0.1, 0.15) is 0 Å². The second-order valence-electron chi connectivity index (χ2n) is 2.58. The molecule has 0 amide bonds. The molecule has 1 saturated heterocycles. The molecule has 0 aromatic heterocycles. The van der Waals surface area contributed by atoms with Gasteiger partial charge in [-0.1, -0.05) is 18.2 Å². The molecule has 1 radical (unpaired) electrons. The number of fused-ring (bicyclic) bond motifs is 1. The Hall–Kier alpha value is -0.640. The maximum absolute atomic E-state index is 5.70. The molecule has 1 aliphatic carbocycles. The van der Waals surface area contributed by atoms with Gasteiger partial charge in [0.25, 0.3) is 0 Å². The van der Waals surface area contributed by atoms with Crippen molar-refractivity contribution < 1.29 is 0 Å². The molecule has 1 aliphatic heterocycles. The fourth-order valence-corrected chi connectivity index (χ4v) is 1.31. The maximum Gasteiger partial charge on any atom is 0.0767 e. The smallest absolute Gasteiger partial charge is 0.0767 e. The van der Waals surface area contributed by atoms with Gasteiger partial charge < -0.3 is 5.73 Å². The van der Waals surface area contributed by atoms with Crippen molar-refractivity contribution in [1.29, 1.82) is 0 Å². The molecular weight excluding hydrogens is 126 g/mol. The topological polar surface area (TPSA) is 50.1 Å². The number of hydrogen-bond acceptors (Lipinski definition) is 3. The Balaban J connectivity index is 2.19. The minimum atomic E-state index is 0.00574. The van der Waals surface area contributed by atoms with E-state index in [-0.39, 0.29) is 6.17 Å². The molecule has 0 spiro atoms. The lowest BCUT2D eigenvalue weighted by Gasteiger charge is -2.14. The third-order valence-electron chi connectivity index (χ3n) is 1.89. The summed E-state index contributed by atoms with van der Waals surface area (Å²) >= 11 is 0. The van der Waals surface area contributed by atoms with Crippen LogP contribution >= 0.6 is 0 Å². The molecule has 53 valence electrons. The van der Waals surface area contributed by atoms with Crippen molar-refractivity contribution in [3.63, 3.8) is 0 Å². The van der Waals surface area contributed by atoms with Crippen LogP contribution in [0.15, 0.2) is 18.2 Å². The fourth-order valence-electron chi connectivity index (χ4n) is 1.31. The molecular formula is C7H10N3. The number of hydrazine groups is 1. The number of rotatable bonds is 0. The third kappa shape index (κ3) is 0.794. The molecule has 2 rings (SSSR count). The van der Waals surface area contributed by atoms with Crippen molar-refractivity contribution in [2.45, 2.75) is 12.2 Å². The standard InChI is InChI=1S/C7H10N3/c8-7-5-3-1-2-4-6(5)9-10-7/h1-2,4-7,9-10H,8H2. The Morgan fingerprint density at radius 2 is 2.30 bits per heavy atom. The quantitative estimate of drug-likeness (QED) is 0.412. The monoisotopic (exact) mass is 136 g/mol. The first-order valence-electron chi connectivity index (χ1n) is 3.40. The van der Waals surface area contributed by atoms with Crippen molar-refractivity contribution in [3.8, 4) is 0 Å². The van der Waals surface area contributed by atoms with E-state index in [9.17, 15) is 0 Å². The van der Waals surface area contributed by atoms with E-state index in [1.165, 1.54) is 0 Å². The average molecular weight is 136 g/mol. The SMILES string of the molecule is NC1NNC2C=CC=[C]C12. The lowest BCUT2D eigenvalue weighted by molar-refractivity contribution is 0.518. The van der Waals surface area contributed by atoms with Crippen LogP contribution in [0.5, 0.6) is 0 Å². The summed E-state index contributed by atoms with van der Waals surface area (Å²) in [5.74, 6) is 0.296. The van der Waals surface area contributed by atoms with E-state index in [1.54, 1.807) is 0 Å². The van der Waals surface area contributed by atoms with E-state index in [0.717, 1.165) is 0 Å². The van der Waals surface area contributed by atoms with Crippen molar-refractivity contribution in [1.82, 2.24) is 10.9 Å². The highest BCUT2D eigenvalue weighted by molar-refractivity contribution is 5.16. The molecule has 3 unspecified atom stereocenters. The zero-order valence-corrected chi connectivity index (χ0v) is 5.54. The lowest BCUT2D eigenvalue weighted by atomic mass is 9.95. The molecule has 0 aromatic carbocycles. The second kappa shape index (κ2) is 2.20. The first-order chi connectivity index (χ1) is 4.88. The van der Waals surface area contributed by atoms with Crippen molar-refractivity contribution in [2.75, 3.05) is 0 Å². The van der Waals surface area contributed by atoms with Gasteiger partial charge in [-0.25, -0.2) is 10.9 Å². The second-order valence-corrected chi connectivity index (χ2v) is 2.58. The molecule has 0 aromatic rings. The molecule has 3 atom stereocenters. The largest absolute Gasteiger partial charge is 0.314 e. The highest BCUT2D eigenvalue weighted by Gasteiger charge is 2.30. The van der Waals surface area contributed by atoms with Gasteiger partial charge in [-0.05, 0) is 6.08 Å². The van der Waals surface area contributed by atoms with E-state index in [0.29, 0.717) is 12.0 Å². The zero-order chi connectivity index (χ0) is 6.97. The van der Waals surface area contributed by atoms with Gasteiger partial charge in [0.2, 0.25) is 0 Å². The first kappa shape index (κ1) is 6.09. The molecule has 3 nitrogen and oxygen atoms in total. The summed E-state index contributed by atoms with van der Waals surface area (Å²) in [7, 11) is 0. The summed E-state index contributed by atoms with van der Waals surface area (Å²) in [6.07, 6.45) is 9.15. The van der Waals surface area contributed by atoms with Crippen LogP contribution in [0.3, 0.4) is 0 Å². The number of nitrogens with one attached hydrogen (secondary N) is 2. The summed E-state index contributed by atoms with van der Waals surface area (Å²) in [5.41, 5.74) is 11.7. The van der Waals surface area contributed by atoms with Crippen LogP contribution in [0, 0.1) is 12.0 Å². The van der Waals surface area contributed by atoms with Gasteiger partial charge in [0.1, 0.15) is 0 Å². The molecule has 3 heteroatoms. The van der Waals surface area contributed by atoms with Crippen LogP contribution in [-0.4, -0.2) is 12.2 Å². The maximum atomic E-state index is 5.70. The molecule has 0 saturated carbocycles. The molecule has 0 bridgehead atoms. The number of nitrogens with two attached hydrogens (primary N) is 1. The Kier molecular flexibility index (Phi) is 1.34. The average Bonchev–Trinajstić information content (AvgIpc) is 2.34. The Morgan fingerprint density at radius 3 is 3.10 bits per heavy atom. The molecule has 1 heterocycles. The van der Waals surface area contributed by atoms with Gasteiger partial charge >= 0.3 is 0 Å². The van der Waals surface area contributed by atoms with Gasteiger partial charge in [0.15, 0.2) is 0 Å². The normalized spacial score (nSPS) is 43.9. The number of allylic oxidation sites excluding steroid dienone is 2. The summed E-state index contributed by atoms with van der Waals surface area (Å²) in [6, 6.07) is 0.333. The van der Waals surface area contributed by atoms with E-state index in [4.69, 9.17) is 5.73 Å².